The van der Waals surface area contributed by atoms with E-state index in [4.69, 9.17) is 0 Å². The van der Waals surface area contributed by atoms with Crippen LogP contribution in [0.1, 0.15) is 30.9 Å². The van der Waals surface area contributed by atoms with E-state index < -0.39 is 0 Å². The second kappa shape index (κ2) is 9.16. The monoisotopic (exact) mass is 297 g/mol. The molecule has 0 aromatic heterocycles. The molecule has 22 heavy (non-hydrogen) atoms. The van der Waals surface area contributed by atoms with Gasteiger partial charge < -0.3 is 0 Å². The highest BCUT2D eigenvalue weighted by molar-refractivity contribution is 5.48. The summed E-state index contributed by atoms with van der Waals surface area (Å²) in [5.74, 6) is -0.173. The van der Waals surface area contributed by atoms with Crippen molar-refractivity contribution in [3.63, 3.8) is 0 Å². The van der Waals surface area contributed by atoms with Crippen LogP contribution in [0.15, 0.2) is 60.7 Å². The van der Waals surface area contributed by atoms with E-state index in [0.717, 1.165) is 25.2 Å². The highest BCUT2D eigenvalue weighted by Crippen LogP contribution is 2.09. The zero-order valence-electron chi connectivity index (χ0n) is 13.2. The molecule has 0 bridgehead atoms. The van der Waals surface area contributed by atoms with E-state index in [9.17, 15) is 4.39 Å². The van der Waals surface area contributed by atoms with Crippen LogP contribution in [0, 0.1) is 5.82 Å². The number of hydrogen-bond acceptors (Lipinski definition) is 1. The molecule has 0 N–H and O–H groups in total. The Morgan fingerprint density at radius 3 is 2.41 bits per heavy atom. The summed E-state index contributed by atoms with van der Waals surface area (Å²) in [6.07, 6.45) is 6.72. The van der Waals surface area contributed by atoms with Gasteiger partial charge in [0.05, 0.1) is 0 Å². The zero-order valence-corrected chi connectivity index (χ0v) is 13.2. The Labute approximate surface area is 133 Å². The highest BCUT2D eigenvalue weighted by Gasteiger charge is 2.04. The number of unbranched alkanes of at least 4 members (excludes halogenated alkanes) is 1. The summed E-state index contributed by atoms with van der Waals surface area (Å²) in [6, 6.07) is 17.1. The van der Waals surface area contributed by atoms with Crippen molar-refractivity contribution in [2.45, 2.75) is 26.3 Å². The summed E-state index contributed by atoms with van der Waals surface area (Å²) in [6.45, 7) is 5.04. The van der Waals surface area contributed by atoms with Crippen LogP contribution >= 0.6 is 0 Å². The van der Waals surface area contributed by atoms with Crippen LogP contribution in [0.25, 0.3) is 6.08 Å². The first-order valence-electron chi connectivity index (χ1n) is 7.96. The number of nitrogens with zero attached hydrogens (tertiary/aromatic N) is 1. The largest absolute Gasteiger partial charge is 0.295 e. The Hall–Kier alpha value is -1.93. The summed E-state index contributed by atoms with van der Waals surface area (Å²) in [5.41, 5.74) is 2.38. The van der Waals surface area contributed by atoms with E-state index in [-0.39, 0.29) is 5.82 Å². The van der Waals surface area contributed by atoms with E-state index in [1.165, 1.54) is 30.5 Å². The quantitative estimate of drug-likeness (QED) is 0.652. The molecule has 0 aliphatic heterocycles. The third kappa shape index (κ3) is 5.82. The maximum atomic E-state index is 13.0. The number of benzene rings is 2. The van der Waals surface area contributed by atoms with Crippen LogP contribution in [0.5, 0.6) is 0 Å². The van der Waals surface area contributed by atoms with Gasteiger partial charge in [0.1, 0.15) is 5.82 Å². The van der Waals surface area contributed by atoms with Gasteiger partial charge in [-0.1, -0.05) is 68.0 Å². The second-order valence-corrected chi connectivity index (χ2v) is 5.53. The first-order valence-corrected chi connectivity index (χ1v) is 7.96. The van der Waals surface area contributed by atoms with Gasteiger partial charge in [-0.2, -0.15) is 0 Å². The fourth-order valence-electron chi connectivity index (χ4n) is 2.37. The molecule has 0 aliphatic rings. The van der Waals surface area contributed by atoms with Gasteiger partial charge in [-0.3, -0.25) is 4.90 Å². The molecule has 116 valence electrons. The van der Waals surface area contributed by atoms with Crippen molar-refractivity contribution in [2.75, 3.05) is 13.1 Å². The van der Waals surface area contributed by atoms with Crippen molar-refractivity contribution in [1.82, 2.24) is 4.90 Å². The standard InChI is InChI=1S/C20H24FN/c1-2-3-15-22(17-19-11-13-20(21)14-12-19)16-7-10-18-8-5-4-6-9-18/h4-14H,2-3,15-17H2,1H3/b10-7+. The topological polar surface area (TPSA) is 3.24 Å². The van der Waals surface area contributed by atoms with E-state index in [1.807, 2.05) is 30.3 Å². The molecular weight excluding hydrogens is 273 g/mol. The van der Waals surface area contributed by atoms with E-state index in [0.29, 0.717) is 0 Å². The molecule has 0 fully saturated rings. The van der Waals surface area contributed by atoms with Crippen LogP contribution in [0.4, 0.5) is 4.39 Å². The number of halogens is 1. The van der Waals surface area contributed by atoms with Gasteiger partial charge in [-0.25, -0.2) is 4.39 Å². The average molecular weight is 297 g/mol. The molecule has 2 aromatic rings. The molecule has 0 aliphatic carbocycles. The predicted molar refractivity (Wildman–Crippen MR) is 92.1 cm³/mol. The SMILES string of the molecule is CCCCN(C/C=C/c1ccccc1)Cc1ccc(F)cc1. The van der Waals surface area contributed by atoms with Crippen molar-refractivity contribution in [2.24, 2.45) is 0 Å². The van der Waals surface area contributed by atoms with Gasteiger partial charge in [0, 0.05) is 13.1 Å². The first kappa shape index (κ1) is 16.4. The molecule has 2 aromatic carbocycles. The minimum Gasteiger partial charge on any atom is -0.295 e. The molecule has 0 radical (unpaired) electrons. The molecule has 0 saturated heterocycles. The van der Waals surface area contributed by atoms with Gasteiger partial charge in [0.25, 0.3) is 0 Å². The molecule has 0 amide bonds. The maximum Gasteiger partial charge on any atom is 0.123 e. The fourth-order valence-corrected chi connectivity index (χ4v) is 2.37. The maximum absolute atomic E-state index is 13.0. The van der Waals surface area contributed by atoms with Crippen molar-refractivity contribution >= 4 is 6.08 Å². The smallest absolute Gasteiger partial charge is 0.123 e. The van der Waals surface area contributed by atoms with Crippen LogP contribution in [-0.4, -0.2) is 18.0 Å². The summed E-state index contributed by atoms with van der Waals surface area (Å²) >= 11 is 0. The zero-order chi connectivity index (χ0) is 15.6. The second-order valence-electron chi connectivity index (χ2n) is 5.53. The van der Waals surface area contributed by atoms with Gasteiger partial charge in [0.2, 0.25) is 0 Å². The van der Waals surface area contributed by atoms with Crippen LogP contribution in [-0.2, 0) is 6.54 Å². The van der Waals surface area contributed by atoms with Gasteiger partial charge in [-0.15, -0.1) is 0 Å². The minimum atomic E-state index is -0.173. The molecule has 0 heterocycles. The molecule has 0 unspecified atom stereocenters. The molecular formula is C20H24FN. The van der Waals surface area contributed by atoms with Gasteiger partial charge >= 0.3 is 0 Å². The molecule has 2 heteroatoms. The molecule has 2 rings (SSSR count). The van der Waals surface area contributed by atoms with Crippen molar-refractivity contribution in [3.8, 4) is 0 Å². The first-order chi connectivity index (χ1) is 10.8. The Balaban J connectivity index is 1.93. The molecule has 1 nitrogen and oxygen atoms in total. The van der Waals surface area contributed by atoms with E-state index >= 15 is 0 Å². The minimum absolute atomic E-state index is 0.173. The van der Waals surface area contributed by atoms with Crippen LogP contribution in [0.2, 0.25) is 0 Å². The lowest BCUT2D eigenvalue weighted by molar-refractivity contribution is 0.289. The van der Waals surface area contributed by atoms with Gasteiger partial charge in [0.15, 0.2) is 0 Å². The fraction of sp³-hybridized carbons (Fsp3) is 0.300. The predicted octanol–water partition coefficient (Wildman–Crippen LogP) is 5.14. The molecule has 0 spiro atoms. The highest BCUT2D eigenvalue weighted by atomic mass is 19.1. The third-order valence-electron chi connectivity index (χ3n) is 3.62. The summed E-state index contributed by atoms with van der Waals surface area (Å²) in [4.78, 5) is 2.40. The van der Waals surface area contributed by atoms with Crippen LogP contribution < -0.4 is 0 Å². The summed E-state index contributed by atoms with van der Waals surface area (Å²) in [5, 5.41) is 0. The van der Waals surface area contributed by atoms with Crippen LogP contribution in [0.3, 0.4) is 0 Å². The Kier molecular flexibility index (Phi) is 6.85. The van der Waals surface area contributed by atoms with Crippen molar-refractivity contribution in [1.29, 1.82) is 0 Å². The molecule has 0 saturated carbocycles. The molecule has 0 atom stereocenters. The van der Waals surface area contributed by atoms with E-state index in [2.05, 4.69) is 36.1 Å². The Bertz CT molecular complexity index is 560. The third-order valence-corrected chi connectivity index (χ3v) is 3.62. The van der Waals surface area contributed by atoms with Gasteiger partial charge in [-0.05, 0) is 36.2 Å². The average Bonchev–Trinajstić information content (AvgIpc) is 2.55. The van der Waals surface area contributed by atoms with Crippen molar-refractivity contribution in [3.05, 3.63) is 77.6 Å². The summed E-state index contributed by atoms with van der Waals surface area (Å²) in [7, 11) is 0. The number of rotatable bonds is 8. The summed E-state index contributed by atoms with van der Waals surface area (Å²) < 4.78 is 13.0. The van der Waals surface area contributed by atoms with Crippen molar-refractivity contribution < 1.29 is 4.39 Å². The Morgan fingerprint density at radius 1 is 1.00 bits per heavy atom. The lowest BCUT2D eigenvalue weighted by atomic mass is 10.2. The lowest BCUT2D eigenvalue weighted by Gasteiger charge is -2.20. The Morgan fingerprint density at radius 2 is 1.73 bits per heavy atom. The number of hydrogen-bond donors (Lipinski definition) is 0. The normalized spacial score (nSPS) is 11.4. The lowest BCUT2D eigenvalue weighted by Crippen LogP contribution is -2.24. The van der Waals surface area contributed by atoms with E-state index in [1.54, 1.807) is 0 Å².